The molecular formula is C18H24O8. The van der Waals surface area contributed by atoms with Crippen molar-refractivity contribution < 1.29 is 38.7 Å². The Morgan fingerprint density at radius 1 is 1.12 bits per heavy atom. The summed E-state index contributed by atoms with van der Waals surface area (Å²) in [6, 6.07) is 4.26. The first-order chi connectivity index (χ1) is 12.2. The Hall–Kier alpha value is -2.48. The smallest absolute Gasteiger partial charge is 0.303 e. The molecule has 1 aromatic carbocycles. The van der Waals surface area contributed by atoms with E-state index in [9.17, 15) is 19.8 Å². The molecule has 2 rings (SSSR count). The molecule has 1 aromatic rings. The van der Waals surface area contributed by atoms with Gasteiger partial charge in [-0.25, -0.2) is 0 Å². The molecule has 1 heterocycles. The molecule has 0 spiro atoms. The molecule has 1 fully saturated rings. The van der Waals surface area contributed by atoms with Gasteiger partial charge in [-0.1, -0.05) is 19.9 Å². The Labute approximate surface area is 151 Å². The van der Waals surface area contributed by atoms with E-state index in [0.717, 1.165) is 0 Å². The number of hydrogen-bond acceptors (Lipinski definition) is 8. The monoisotopic (exact) mass is 368 g/mol. The molecule has 1 saturated heterocycles. The number of para-hydroxylation sites is 1. The van der Waals surface area contributed by atoms with Crippen molar-refractivity contribution in [2.24, 2.45) is 11.8 Å². The molecule has 8 nitrogen and oxygen atoms in total. The average Bonchev–Trinajstić information content (AvgIpc) is 2.56. The highest BCUT2D eigenvalue weighted by atomic mass is 16.7. The summed E-state index contributed by atoms with van der Waals surface area (Å²) in [6.07, 6.45) is -2.26. The lowest BCUT2D eigenvalue weighted by molar-refractivity contribution is -0.253. The lowest BCUT2D eigenvalue weighted by Gasteiger charge is -2.43. The third-order valence-corrected chi connectivity index (χ3v) is 4.48. The zero-order valence-electron chi connectivity index (χ0n) is 15.2. The van der Waals surface area contributed by atoms with Crippen LogP contribution in [-0.2, 0) is 23.8 Å². The Bertz CT molecular complexity index is 657. The van der Waals surface area contributed by atoms with E-state index < -0.39 is 36.2 Å². The molecule has 5 atom stereocenters. The molecule has 0 aromatic heterocycles. The van der Waals surface area contributed by atoms with Crippen molar-refractivity contribution in [2.45, 2.75) is 46.2 Å². The van der Waals surface area contributed by atoms with Gasteiger partial charge in [0.1, 0.15) is 6.61 Å². The minimum Gasteiger partial charge on any atom is -0.504 e. The second-order valence-electron chi connectivity index (χ2n) is 6.38. The lowest BCUT2D eigenvalue weighted by atomic mass is 9.83. The van der Waals surface area contributed by atoms with Crippen molar-refractivity contribution in [2.75, 3.05) is 6.61 Å². The first-order valence-corrected chi connectivity index (χ1v) is 8.34. The number of esters is 2. The fourth-order valence-corrected chi connectivity index (χ4v) is 2.83. The number of aromatic hydroxyl groups is 2. The number of benzene rings is 1. The van der Waals surface area contributed by atoms with Crippen LogP contribution in [0.15, 0.2) is 18.2 Å². The second kappa shape index (κ2) is 8.27. The maximum absolute atomic E-state index is 11.5. The highest BCUT2D eigenvalue weighted by Crippen LogP contribution is 2.39. The molecule has 144 valence electrons. The van der Waals surface area contributed by atoms with Crippen LogP contribution in [0.3, 0.4) is 0 Å². The number of carbonyl (C=O) groups excluding carboxylic acids is 2. The Morgan fingerprint density at radius 2 is 1.81 bits per heavy atom. The van der Waals surface area contributed by atoms with Crippen LogP contribution in [0.5, 0.6) is 17.2 Å². The van der Waals surface area contributed by atoms with Crippen LogP contribution in [0.25, 0.3) is 0 Å². The van der Waals surface area contributed by atoms with E-state index in [1.807, 2.05) is 13.8 Å². The largest absolute Gasteiger partial charge is 0.504 e. The fourth-order valence-electron chi connectivity index (χ4n) is 2.83. The normalized spacial score (nSPS) is 28.2. The van der Waals surface area contributed by atoms with Crippen molar-refractivity contribution in [1.29, 1.82) is 0 Å². The van der Waals surface area contributed by atoms with Gasteiger partial charge in [-0.05, 0) is 18.1 Å². The van der Waals surface area contributed by atoms with Crippen molar-refractivity contribution >= 4 is 11.9 Å². The molecule has 26 heavy (non-hydrogen) atoms. The van der Waals surface area contributed by atoms with Crippen molar-refractivity contribution in [3.63, 3.8) is 0 Å². The Balaban J connectivity index is 2.25. The average molecular weight is 368 g/mol. The van der Waals surface area contributed by atoms with Gasteiger partial charge >= 0.3 is 11.9 Å². The van der Waals surface area contributed by atoms with E-state index in [4.69, 9.17) is 18.9 Å². The summed E-state index contributed by atoms with van der Waals surface area (Å²) < 4.78 is 22.0. The zero-order chi connectivity index (χ0) is 19.4. The second-order valence-corrected chi connectivity index (χ2v) is 6.38. The number of phenolic OH excluding ortho intramolecular Hbond substituents is 2. The summed E-state index contributed by atoms with van der Waals surface area (Å²) in [6.45, 7) is 6.39. The predicted octanol–water partition coefficient (Wildman–Crippen LogP) is 1.97. The quantitative estimate of drug-likeness (QED) is 0.599. The van der Waals surface area contributed by atoms with Gasteiger partial charge < -0.3 is 29.2 Å². The molecule has 0 aliphatic carbocycles. The molecule has 2 N–H and O–H groups in total. The maximum Gasteiger partial charge on any atom is 0.303 e. The molecule has 0 bridgehead atoms. The van der Waals surface area contributed by atoms with Gasteiger partial charge in [0.2, 0.25) is 12.0 Å². The summed E-state index contributed by atoms with van der Waals surface area (Å²) in [5, 5.41) is 19.6. The zero-order valence-corrected chi connectivity index (χ0v) is 15.2. The summed E-state index contributed by atoms with van der Waals surface area (Å²) >= 11 is 0. The highest BCUT2D eigenvalue weighted by molar-refractivity contribution is 5.66. The molecular weight excluding hydrogens is 344 g/mol. The summed E-state index contributed by atoms with van der Waals surface area (Å²) in [5.74, 6) is -1.99. The topological polar surface area (TPSA) is 112 Å². The number of hydrogen-bond donors (Lipinski definition) is 2. The Kier molecular flexibility index (Phi) is 6.31. The molecule has 1 aliphatic heterocycles. The van der Waals surface area contributed by atoms with Gasteiger partial charge in [-0.15, -0.1) is 0 Å². The lowest BCUT2D eigenvalue weighted by Crippen LogP contribution is -2.54. The van der Waals surface area contributed by atoms with Gasteiger partial charge in [0.15, 0.2) is 17.6 Å². The third kappa shape index (κ3) is 4.57. The fraction of sp³-hybridized carbons (Fsp3) is 0.556. The number of ether oxygens (including phenoxy) is 4. The van der Waals surface area contributed by atoms with Crippen molar-refractivity contribution in [3.05, 3.63) is 18.2 Å². The van der Waals surface area contributed by atoms with Crippen LogP contribution in [0.4, 0.5) is 0 Å². The minimum absolute atomic E-state index is 0.0138. The molecule has 0 radical (unpaired) electrons. The van der Waals surface area contributed by atoms with Crippen LogP contribution >= 0.6 is 0 Å². The van der Waals surface area contributed by atoms with E-state index in [1.165, 1.54) is 32.0 Å². The molecule has 0 unspecified atom stereocenters. The van der Waals surface area contributed by atoms with E-state index in [-0.39, 0.29) is 29.9 Å². The van der Waals surface area contributed by atoms with Crippen LogP contribution in [0, 0.1) is 11.8 Å². The summed E-state index contributed by atoms with van der Waals surface area (Å²) in [5.41, 5.74) is 0. The van der Waals surface area contributed by atoms with E-state index in [1.54, 1.807) is 0 Å². The van der Waals surface area contributed by atoms with Crippen LogP contribution in [0.1, 0.15) is 27.7 Å². The standard InChI is InChI=1S/C18H24O8/c1-9-10(2)17(24-12(4)20)18(26-15(9)8-23-11(3)19)25-14-7-5-6-13(21)16(14)22/h5-7,9-10,15,17-18,21-22H,8H2,1-4H3/t9-,10+,15-,17-,18-/m1/s1. The van der Waals surface area contributed by atoms with Gasteiger partial charge in [0.25, 0.3) is 0 Å². The van der Waals surface area contributed by atoms with Gasteiger partial charge in [0.05, 0.1) is 6.10 Å². The molecule has 0 saturated carbocycles. The number of phenols is 2. The number of carbonyl (C=O) groups is 2. The Morgan fingerprint density at radius 3 is 2.42 bits per heavy atom. The first-order valence-electron chi connectivity index (χ1n) is 8.34. The minimum atomic E-state index is -1.04. The van der Waals surface area contributed by atoms with Crippen LogP contribution < -0.4 is 4.74 Å². The van der Waals surface area contributed by atoms with Gasteiger partial charge in [0, 0.05) is 19.8 Å². The third-order valence-electron chi connectivity index (χ3n) is 4.48. The van der Waals surface area contributed by atoms with Crippen LogP contribution in [0.2, 0.25) is 0 Å². The number of rotatable bonds is 5. The van der Waals surface area contributed by atoms with E-state index >= 15 is 0 Å². The van der Waals surface area contributed by atoms with E-state index in [0.29, 0.717) is 0 Å². The molecule has 8 heteroatoms. The van der Waals surface area contributed by atoms with Crippen molar-refractivity contribution in [3.8, 4) is 17.2 Å². The van der Waals surface area contributed by atoms with Crippen LogP contribution in [-0.4, -0.2) is 47.3 Å². The SMILES string of the molecule is CC(=O)OC[C@H]1O[C@@H](Oc2cccc(O)c2O)[C@H](OC(C)=O)[C@@H](C)[C@H]1C. The molecule has 1 aliphatic rings. The summed E-state index contributed by atoms with van der Waals surface area (Å²) in [7, 11) is 0. The summed E-state index contributed by atoms with van der Waals surface area (Å²) in [4.78, 5) is 22.6. The van der Waals surface area contributed by atoms with Crippen molar-refractivity contribution in [1.82, 2.24) is 0 Å². The highest BCUT2D eigenvalue weighted by Gasteiger charge is 2.45. The van der Waals surface area contributed by atoms with E-state index in [2.05, 4.69) is 0 Å². The predicted molar refractivity (Wildman–Crippen MR) is 89.6 cm³/mol. The van der Waals surface area contributed by atoms with Gasteiger partial charge in [-0.3, -0.25) is 9.59 Å². The maximum atomic E-state index is 11.5. The first kappa shape index (κ1) is 19.8. The van der Waals surface area contributed by atoms with Gasteiger partial charge in [-0.2, -0.15) is 0 Å². The molecule has 0 amide bonds.